The second kappa shape index (κ2) is 10.0. The lowest BCUT2D eigenvalue weighted by atomic mass is 9.79. The third kappa shape index (κ3) is 5.88. The summed E-state index contributed by atoms with van der Waals surface area (Å²) in [6, 6.07) is 9.05. The molecule has 1 saturated carbocycles. The highest BCUT2D eigenvalue weighted by atomic mass is 19.4. The van der Waals surface area contributed by atoms with E-state index in [2.05, 4.69) is 6.92 Å². The predicted molar refractivity (Wildman–Crippen MR) is 123 cm³/mol. The molecule has 0 aromatic heterocycles. The molecule has 7 heteroatoms. The fourth-order valence-electron chi connectivity index (χ4n) is 4.88. The molecule has 0 bridgehead atoms. The van der Waals surface area contributed by atoms with Crippen LogP contribution in [-0.2, 0) is 0 Å². The summed E-state index contributed by atoms with van der Waals surface area (Å²) in [5.41, 5.74) is 0.957. The highest BCUT2D eigenvalue weighted by Crippen LogP contribution is 2.39. The van der Waals surface area contributed by atoms with Crippen molar-refractivity contribution in [3.8, 4) is 11.1 Å². The van der Waals surface area contributed by atoms with E-state index < -0.39 is 47.9 Å². The Bertz CT molecular complexity index is 1180. The van der Waals surface area contributed by atoms with Crippen LogP contribution in [0, 0.1) is 17.6 Å². The maximum Gasteiger partial charge on any atom is 0.412 e. The van der Waals surface area contributed by atoms with Gasteiger partial charge in [0.25, 0.3) is 0 Å². The summed E-state index contributed by atoms with van der Waals surface area (Å²) in [4.78, 5) is 0. The Morgan fingerprint density at radius 1 is 0.886 bits per heavy atom. The first-order chi connectivity index (χ1) is 16.5. The molecule has 0 amide bonds. The van der Waals surface area contributed by atoms with Gasteiger partial charge in [0.1, 0.15) is 23.6 Å². The Hall–Kier alpha value is -2.83. The van der Waals surface area contributed by atoms with Crippen molar-refractivity contribution in [3.63, 3.8) is 0 Å². The van der Waals surface area contributed by atoms with E-state index in [1.165, 1.54) is 24.3 Å². The minimum absolute atomic E-state index is 0.0280. The van der Waals surface area contributed by atoms with Crippen LogP contribution in [0.5, 0.6) is 0 Å². The quantitative estimate of drug-likeness (QED) is 0.372. The molecular formula is C28H25F7. The molecule has 1 atom stereocenters. The standard InChI is InChI=1S/C28H25F7/c1-16-2-4-17(5-3-16)18-6-9-21(24(29)12-18)19-7-10-22(25(30)13-19)20-8-11-23(26(31)14-20)27(32)15-28(33,34)35/h6-13,15-17,26H,2-5,14H2,1H3/b27-15-. The van der Waals surface area contributed by atoms with Crippen molar-refractivity contribution in [2.75, 3.05) is 0 Å². The minimum atomic E-state index is -4.92. The van der Waals surface area contributed by atoms with E-state index in [1.54, 1.807) is 6.07 Å². The molecule has 0 aliphatic heterocycles. The van der Waals surface area contributed by atoms with Crippen LogP contribution in [0.1, 0.15) is 56.1 Å². The van der Waals surface area contributed by atoms with Gasteiger partial charge in [0.2, 0.25) is 0 Å². The first-order valence-electron chi connectivity index (χ1n) is 11.6. The smallest absolute Gasteiger partial charge is 0.242 e. The van der Waals surface area contributed by atoms with Gasteiger partial charge in [0.05, 0.1) is 6.08 Å². The average Bonchev–Trinajstić information content (AvgIpc) is 2.78. The van der Waals surface area contributed by atoms with Crippen LogP contribution in [0.15, 0.2) is 66.0 Å². The Labute approximate surface area is 199 Å². The summed E-state index contributed by atoms with van der Waals surface area (Å²) in [6.07, 6.45) is -1.72. The minimum Gasteiger partial charge on any atom is -0.242 e. The van der Waals surface area contributed by atoms with Gasteiger partial charge >= 0.3 is 6.18 Å². The summed E-state index contributed by atoms with van der Waals surface area (Å²) in [5, 5.41) is 0. The molecule has 1 fully saturated rings. The molecule has 0 radical (unpaired) electrons. The van der Waals surface area contributed by atoms with E-state index in [0.29, 0.717) is 17.4 Å². The van der Waals surface area contributed by atoms with Crippen molar-refractivity contribution in [2.45, 2.75) is 57.3 Å². The van der Waals surface area contributed by atoms with Gasteiger partial charge in [-0.1, -0.05) is 56.2 Å². The van der Waals surface area contributed by atoms with Gasteiger partial charge in [-0.05, 0) is 53.5 Å². The topological polar surface area (TPSA) is 0 Å². The van der Waals surface area contributed by atoms with Gasteiger partial charge in [0.15, 0.2) is 0 Å². The molecule has 0 saturated heterocycles. The number of halogens is 7. The third-order valence-electron chi connectivity index (χ3n) is 6.87. The largest absolute Gasteiger partial charge is 0.412 e. The second-order valence-corrected chi connectivity index (χ2v) is 9.41. The molecule has 0 nitrogen and oxygen atoms in total. The molecule has 2 aliphatic rings. The van der Waals surface area contributed by atoms with Crippen molar-refractivity contribution in [2.24, 2.45) is 5.92 Å². The number of allylic oxidation sites excluding steroid dienone is 6. The highest BCUT2D eigenvalue weighted by molar-refractivity contribution is 5.74. The molecule has 0 N–H and O–H groups in total. The van der Waals surface area contributed by atoms with Crippen molar-refractivity contribution >= 4 is 5.57 Å². The molecule has 0 heterocycles. The van der Waals surface area contributed by atoms with E-state index in [0.717, 1.165) is 43.4 Å². The van der Waals surface area contributed by atoms with E-state index in [4.69, 9.17) is 0 Å². The molecule has 2 aliphatic carbocycles. The molecule has 4 rings (SSSR count). The fraction of sp³-hybridized carbons (Fsp3) is 0.357. The average molecular weight is 494 g/mol. The van der Waals surface area contributed by atoms with Crippen LogP contribution >= 0.6 is 0 Å². The zero-order chi connectivity index (χ0) is 25.3. The Kier molecular flexibility index (Phi) is 7.25. The zero-order valence-corrected chi connectivity index (χ0v) is 19.1. The van der Waals surface area contributed by atoms with Gasteiger partial charge in [-0.25, -0.2) is 17.6 Å². The summed E-state index contributed by atoms with van der Waals surface area (Å²) >= 11 is 0. The summed E-state index contributed by atoms with van der Waals surface area (Å²) in [5.74, 6) is -1.89. The fourth-order valence-corrected chi connectivity index (χ4v) is 4.88. The van der Waals surface area contributed by atoms with Crippen LogP contribution in [0.4, 0.5) is 30.7 Å². The maximum absolute atomic E-state index is 14.9. The molecule has 2 aromatic carbocycles. The molecular weight excluding hydrogens is 469 g/mol. The number of rotatable bonds is 4. The number of alkyl halides is 4. The maximum atomic E-state index is 14.9. The third-order valence-corrected chi connectivity index (χ3v) is 6.87. The number of hydrogen-bond acceptors (Lipinski definition) is 0. The Morgan fingerprint density at radius 3 is 2.14 bits per heavy atom. The van der Waals surface area contributed by atoms with Crippen LogP contribution in [0.3, 0.4) is 0 Å². The van der Waals surface area contributed by atoms with E-state index in [1.807, 2.05) is 6.07 Å². The normalized spacial score (nSPS) is 23.7. The first kappa shape index (κ1) is 25.3. The highest BCUT2D eigenvalue weighted by Gasteiger charge is 2.30. The van der Waals surface area contributed by atoms with Crippen molar-refractivity contribution in [1.82, 2.24) is 0 Å². The van der Waals surface area contributed by atoms with Crippen LogP contribution < -0.4 is 0 Å². The van der Waals surface area contributed by atoms with E-state index in [9.17, 15) is 30.7 Å². The van der Waals surface area contributed by atoms with Gasteiger partial charge in [-0.15, -0.1) is 0 Å². The van der Waals surface area contributed by atoms with E-state index in [-0.39, 0.29) is 16.7 Å². The molecule has 186 valence electrons. The Balaban J connectivity index is 1.56. The molecule has 35 heavy (non-hydrogen) atoms. The van der Waals surface area contributed by atoms with Crippen LogP contribution in [0.2, 0.25) is 0 Å². The molecule has 2 aromatic rings. The number of hydrogen-bond donors (Lipinski definition) is 0. The number of benzene rings is 2. The summed E-state index contributed by atoms with van der Waals surface area (Å²) < 4.78 is 95.1. The van der Waals surface area contributed by atoms with Crippen molar-refractivity contribution < 1.29 is 30.7 Å². The lowest BCUT2D eigenvalue weighted by molar-refractivity contribution is -0.0812. The monoisotopic (exact) mass is 494 g/mol. The van der Waals surface area contributed by atoms with Crippen LogP contribution in [-0.4, -0.2) is 12.3 Å². The van der Waals surface area contributed by atoms with Gasteiger partial charge in [-0.3, -0.25) is 0 Å². The second-order valence-electron chi connectivity index (χ2n) is 9.41. The first-order valence-corrected chi connectivity index (χ1v) is 11.6. The lowest BCUT2D eigenvalue weighted by Gasteiger charge is -2.26. The van der Waals surface area contributed by atoms with Crippen molar-refractivity contribution in [3.05, 3.63) is 88.8 Å². The van der Waals surface area contributed by atoms with Gasteiger partial charge in [0, 0.05) is 23.1 Å². The van der Waals surface area contributed by atoms with E-state index >= 15 is 0 Å². The summed E-state index contributed by atoms with van der Waals surface area (Å²) in [6.45, 7) is 2.22. The molecule has 1 unspecified atom stereocenters. The predicted octanol–water partition coefficient (Wildman–Crippen LogP) is 9.39. The van der Waals surface area contributed by atoms with Crippen LogP contribution in [0.25, 0.3) is 16.7 Å². The van der Waals surface area contributed by atoms with Crippen molar-refractivity contribution in [1.29, 1.82) is 0 Å². The van der Waals surface area contributed by atoms with Gasteiger partial charge in [-0.2, -0.15) is 13.2 Å². The Morgan fingerprint density at radius 2 is 1.54 bits per heavy atom. The zero-order valence-electron chi connectivity index (χ0n) is 19.1. The SMILES string of the molecule is CC1CCC(c2ccc(-c3ccc(C4=CC=C(/C(F)=C/C(F)(F)F)C(F)C4)c(F)c3)c(F)c2)CC1. The molecule has 0 spiro atoms. The summed E-state index contributed by atoms with van der Waals surface area (Å²) in [7, 11) is 0. The van der Waals surface area contributed by atoms with Gasteiger partial charge < -0.3 is 0 Å². The lowest BCUT2D eigenvalue weighted by Crippen LogP contribution is -2.13.